The second-order valence-corrected chi connectivity index (χ2v) is 6.09. The lowest BCUT2D eigenvalue weighted by Crippen LogP contribution is -2.17. The highest BCUT2D eigenvalue weighted by Crippen LogP contribution is 2.52. The van der Waals surface area contributed by atoms with Crippen LogP contribution in [0.25, 0.3) is 0 Å². The molecule has 1 amide bonds. The summed E-state index contributed by atoms with van der Waals surface area (Å²) in [5.74, 6) is -0.954. The molecule has 0 bridgehead atoms. The van der Waals surface area contributed by atoms with E-state index in [1.165, 1.54) is 12.1 Å². The van der Waals surface area contributed by atoms with Gasteiger partial charge in [-0.2, -0.15) is 0 Å². The number of carbonyl (C=O) groups is 2. The highest BCUT2D eigenvalue weighted by molar-refractivity contribution is 9.10. The van der Waals surface area contributed by atoms with Gasteiger partial charge in [-0.1, -0.05) is 13.8 Å². The van der Waals surface area contributed by atoms with E-state index in [2.05, 4.69) is 35.1 Å². The Bertz CT molecular complexity index is 525. The van der Waals surface area contributed by atoms with E-state index in [1.807, 2.05) is 0 Å². The molecule has 0 aromatic heterocycles. The number of benzene rings is 1. The van der Waals surface area contributed by atoms with Gasteiger partial charge in [-0.3, -0.25) is 4.79 Å². The molecule has 0 spiro atoms. The zero-order valence-electron chi connectivity index (χ0n) is 10.2. The Labute approximate surface area is 114 Å². The van der Waals surface area contributed by atoms with Crippen LogP contribution in [0.5, 0.6) is 0 Å². The van der Waals surface area contributed by atoms with E-state index in [1.54, 1.807) is 6.07 Å². The van der Waals surface area contributed by atoms with Crippen molar-refractivity contribution in [2.24, 2.45) is 11.3 Å². The summed E-state index contributed by atoms with van der Waals surface area (Å²) in [5.41, 5.74) is 0.872. The van der Waals surface area contributed by atoms with Crippen molar-refractivity contribution in [3.05, 3.63) is 28.2 Å². The molecule has 5 heteroatoms. The van der Waals surface area contributed by atoms with Gasteiger partial charge in [-0.25, -0.2) is 4.79 Å². The summed E-state index contributed by atoms with van der Waals surface area (Å²) in [4.78, 5) is 22.7. The molecule has 1 unspecified atom stereocenters. The Morgan fingerprint density at radius 1 is 1.44 bits per heavy atom. The van der Waals surface area contributed by atoms with Gasteiger partial charge in [0.15, 0.2) is 0 Å². The number of hydrogen-bond acceptors (Lipinski definition) is 2. The molecule has 1 aromatic carbocycles. The average molecular weight is 312 g/mol. The van der Waals surface area contributed by atoms with Crippen LogP contribution in [-0.4, -0.2) is 17.0 Å². The largest absolute Gasteiger partial charge is 0.478 e. The highest BCUT2D eigenvalue weighted by Gasteiger charge is 2.50. The first-order valence-electron chi connectivity index (χ1n) is 5.65. The maximum absolute atomic E-state index is 11.9. The third-order valence-electron chi connectivity index (χ3n) is 3.30. The van der Waals surface area contributed by atoms with Crippen molar-refractivity contribution in [3.63, 3.8) is 0 Å². The zero-order chi connectivity index (χ0) is 13.5. The maximum Gasteiger partial charge on any atom is 0.335 e. The van der Waals surface area contributed by atoms with Gasteiger partial charge < -0.3 is 10.4 Å². The first-order valence-corrected chi connectivity index (χ1v) is 6.44. The number of halogens is 1. The van der Waals surface area contributed by atoms with Gasteiger partial charge in [0.05, 0.1) is 11.3 Å². The molecule has 1 aromatic rings. The lowest BCUT2D eigenvalue weighted by Gasteiger charge is -2.09. The average Bonchev–Trinajstić information content (AvgIpc) is 2.90. The number of anilines is 1. The summed E-state index contributed by atoms with van der Waals surface area (Å²) in [6.45, 7) is 4.11. The van der Waals surface area contributed by atoms with Crippen molar-refractivity contribution >= 4 is 33.5 Å². The van der Waals surface area contributed by atoms with Crippen molar-refractivity contribution in [1.29, 1.82) is 0 Å². The van der Waals surface area contributed by atoms with Crippen LogP contribution in [-0.2, 0) is 4.79 Å². The maximum atomic E-state index is 11.9. The smallest absolute Gasteiger partial charge is 0.335 e. The number of amides is 1. The van der Waals surface area contributed by atoms with Crippen LogP contribution < -0.4 is 5.32 Å². The van der Waals surface area contributed by atoms with Crippen LogP contribution in [0.4, 0.5) is 5.69 Å². The van der Waals surface area contributed by atoms with E-state index in [0.717, 1.165) is 6.42 Å². The highest BCUT2D eigenvalue weighted by atomic mass is 79.9. The first-order chi connectivity index (χ1) is 8.31. The SMILES string of the molecule is CC1(C)CC1C(=O)Nc1ccc(C(=O)O)cc1Br. The van der Waals surface area contributed by atoms with Crippen molar-refractivity contribution < 1.29 is 14.7 Å². The van der Waals surface area contributed by atoms with Gasteiger partial charge in [0, 0.05) is 10.4 Å². The Morgan fingerprint density at radius 3 is 2.50 bits per heavy atom. The monoisotopic (exact) mass is 311 g/mol. The van der Waals surface area contributed by atoms with E-state index < -0.39 is 5.97 Å². The minimum absolute atomic E-state index is 0.0104. The molecule has 2 N–H and O–H groups in total. The summed E-state index contributed by atoms with van der Waals surface area (Å²) >= 11 is 3.26. The van der Waals surface area contributed by atoms with Gasteiger partial charge in [0.25, 0.3) is 0 Å². The van der Waals surface area contributed by atoms with Crippen molar-refractivity contribution in [2.45, 2.75) is 20.3 Å². The molecular weight excluding hydrogens is 298 g/mol. The topological polar surface area (TPSA) is 66.4 Å². The van der Waals surface area contributed by atoms with E-state index >= 15 is 0 Å². The van der Waals surface area contributed by atoms with Gasteiger partial charge in [0.1, 0.15) is 0 Å². The Hall–Kier alpha value is -1.36. The standard InChI is InChI=1S/C13H14BrNO3/c1-13(2)6-8(13)11(16)15-10-4-3-7(12(17)18)5-9(10)14/h3-5,8H,6H2,1-2H3,(H,15,16)(H,17,18). The predicted molar refractivity (Wildman–Crippen MR) is 71.6 cm³/mol. The zero-order valence-corrected chi connectivity index (χ0v) is 11.7. The van der Waals surface area contributed by atoms with Crippen LogP contribution in [0, 0.1) is 11.3 Å². The summed E-state index contributed by atoms with van der Waals surface area (Å²) in [7, 11) is 0. The lowest BCUT2D eigenvalue weighted by molar-refractivity contribution is -0.118. The van der Waals surface area contributed by atoms with E-state index in [-0.39, 0.29) is 22.8 Å². The lowest BCUT2D eigenvalue weighted by atomic mass is 10.1. The van der Waals surface area contributed by atoms with Crippen LogP contribution in [0.3, 0.4) is 0 Å². The van der Waals surface area contributed by atoms with Crippen LogP contribution in [0.15, 0.2) is 22.7 Å². The van der Waals surface area contributed by atoms with Crippen LogP contribution in [0.1, 0.15) is 30.6 Å². The number of hydrogen-bond donors (Lipinski definition) is 2. The normalized spacial score (nSPS) is 20.3. The Balaban J connectivity index is 2.11. The molecule has 4 nitrogen and oxygen atoms in total. The van der Waals surface area contributed by atoms with Crippen molar-refractivity contribution in [3.8, 4) is 0 Å². The molecule has 1 aliphatic rings. The molecule has 0 aliphatic heterocycles. The molecule has 2 rings (SSSR count). The second-order valence-electron chi connectivity index (χ2n) is 5.23. The van der Waals surface area contributed by atoms with Crippen molar-refractivity contribution in [2.75, 3.05) is 5.32 Å². The van der Waals surface area contributed by atoms with Crippen LogP contribution >= 0.6 is 15.9 Å². The fourth-order valence-electron chi connectivity index (χ4n) is 1.88. The number of rotatable bonds is 3. The van der Waals surface area contributed by atoms with Gasteiger partial charge in [-0.05, 0) is 46.0 Å². The number of aromatic carboxylic acids is 1. The first kappa shape index (κ1) is 13.1. The molecule has 1 aliphatic carbocycles. The summed E-state index contributed by atoms with van der Waals surface area (Å²) in [5, 5.41) is 11.7. The molecule has 96 valence electrons. The van der Waals surface area contributed by atoms with Gasteiger partial charge in [-0.15, -0.1) is 0 Å². The van der Waals surface area contributed by atoms with E-state index in [4.69, 9.17) is 5.11 Å². The second kappa shape index (κ2) is 4.39. The molecule has 1 saturated carbocycles. The molecule has 0 saturated heterocycles. The van der Waals surface area contributed by atoms with Gasteiger partial charge in [0.2, 0.25) is 5.91 Å². The summed E-state index contributed by atoms with van der Waals surface area (Å²) < 4.78 is 0.578. The third kappa shape index (κ3) is 2.56. The minimum Gasteiger partial charge on any atom is -0.478 e. The molecule has 18 heavy (non-hydrogen) atoms. The molecule has 1 fully saturated rings. The number of carboxylic acid groups (broad SMARTS) is 1. The summed E-state index contributed by atoms with van der Waals surface area (Å²) in [6, 6.07) is 4.55. The van der Waals surface area contributed by atoms with E-state index in [0.29, 0.717) is 10.2 Å². The van der Waals surface area contributed by atoms with Crippen molar-refractivity contribution in [1.82, 2.24) is 0 Å². The fraction of sp³-hybridized carbons (Fsp3) is 0.385. The molecule has 0 heterocycles. The molecule has 1 atom stereocenters. The Morgan fingerprint density at radius 2 is 2.06 bits per heavy atom. The summed E-state index contributed by atoms with van der Waals surface area (Å²) in [6.07, 6.45) is 0.893. The number of nitrogens with one attached hydrogen (secondary N) is 1. The quantitative estimate of drug-likeness (QED) is 0.901. The minimum atomic E-state index is -0.989. The predicted octanol–water partition coefficient (Wildman–Crippen LogP) is 3.13. The molecular formula is C13H14BrNO3. The van der Waals surface area contributed by atoms with Crippen LogP contribution in [0.2, 0.25) is 0 Å². The third-order valence-corrected chi connectivity index (χ3v) is 3.96. The number of carboxylic acids is 1. The van der Waals surface area contributed by atoms with Gasteiger partial charge >= 0.3 is 5.97 Å². The molecule has 0 radical (unpaired) electrons. The Kier molecular flexibility index (Phi) is 3.19. The fourth-order valence-corrected chi connectivity index (χ4v) is 2.36. The van der Waals surface area contributed by atoms with E-state index in [9.17, 15) is 9.59 Å². The number of carbonyl (C=O) groups excluding carboxylic acids is 1.